The average Bonchev–Trinajstić information content (AvgIpc) is 2.91. The molecule has 0 bridgehead atoms. The minimum Gasteiger partial charge on any atom is -0.488 e. The normalized spacial score (nSPS) is 12.1. The van der Waals surface area contributed by atoms with Crippen LogP contribution < -0.4 is 9.47 Å². The fourth-order valence-corrected chi connectivity index (χ4v) is 3.08. The van der Waals surface area contributed by atoms with Gasteiger partial charge in [0.2, 0.25) is 0 Å². The van der Waals surface area contributed by atoms with Crippen LogP contribution in [0.15, 0.2) is 73.8 Å². The molecule has 2 rings (SSSR count). The number of hydrogen-bond acceptors (Lipinski definition) is 9. The third-order valence-electron chi connectivity index (χ3n) is 4.87. The van der Waals surface area contributed by atoms with Crippen LogP contribution in [0, 0.1) is 0 Å². The third-order valence-corrected chi connectivity index (χ3v) is 4.87. The topological polar surface area (TPSA) is 107 Å². The van der Waals surface area contributed by atoms with Crippen molar-refractivity contribution in [3.63, 3.8) is 0 Å². The van der Waals surface area contributed by atoms with Crippen molar-refractivity contribution < 1.29 is 42.8 Å². The smallest absolute Gasteiger partial charge is 0.330 e. The van der Waals surface area contributed by atoms with E-state index in [0.29, 0.717) is 29.2 Å². The zero-order valence-electron chi connectivity index (χ0n) is 21.8. The number of esters is 2. The quantitative estimate of drug-likeness (QED) is 0.0702. The van der Waals surface area contributed by atoms with Gasteiger partial charge in [-0.2, -0.15) is 0 Å². The number of rotatable bonds is 18. The van der Waals surface area contributed by atoms with E-state index in [9.17, 15) is 14.4 Å². The van der Waals surface area contributed by atoms with E-state index in [4.69, 9.17) is 28.4 Å². The van der Waals surface area contributed by atoms with Crippen molar-refractivity contribution in [3.05, 3.63) is 85.0 Å². The van der Waals surface area contributed by atoms with E-state index in [1.807, 2.05) is 6.92 Å². The fraction of sp³-hybridized carbons (Fsp3) is 0.345. The lowest BCUT2D eigenvalue weighted by Crippen LogP contribution is -2.21. The Morgan fingerprint density at radius 1 is 0.789 bits per heavy atom. The molecule has 0 aromatic heterocycles. The number of hydrogen-bond donors (Lipinski definition) is 0. The minimum absolute atomic E-state index is 0.124. The van der Waals surface area contributed by atoms with E-state index >= 15 is 0 Å². The van der Waals surface area contributed by atoms with Gasteiger partial charge in [0, 0.05) is 17.2 Å². The van der Waals surface area contributed by atoms with Gasteiger partial charge in [-0.1, -0.05) is 12.7 Å². The molecule has 0 spiro atoms. The Bertz CT molecular complexity index is 1040. The van der Waals surface area contributed by atoms with Gasteiger partial charge in [0.05, 0.1) is 26.2 Å². The monoisotopic (exact) mass is 526 g/mol. The van der Waals surface area contributed by atoms with Crippen molar-refractivity contribution in [2.45, 2.75) is 32.7 Å². The van der Waals surface area contributed by atoms with Crippen molar-refractivity contribution in [1.29, 1.82) is 0 Å². The van der Waals surface area contributed by atoms with Crippen LogP contribution in [-0.4, -0.2) is 63.2 Å². The van der Waals surface area contributed by atoms with Crippen LogP contribution in [0.5, 0.6) is 11.5 Å². The number of ketones is 1. The number of carbonyl (C=O) groups excluding carboxylic acids is 3. The predicted octanol–water partition coefficient (Wildman–Crippen LogP) is 4.29. The summed E-state index contributed by atoms with van der Waals surface area (Å²) in [5.74, 6) is 0.148. The van der Waals surface area contributed by atoms with E-state index in [0.717, 1.165) is 6.08 Å². The molecule has 2 aromatic rings. The summed E-state index contributed by atoms with van der Waals surface area (Å²) in [6, 6.07) is 13.6. The Morgan fingerprint density at radius 3 is 1.95 bits per heavy atom. The van der Waals surface area contributed by atoms with Crippen LogP contribution in [0.3, 0.4) is 0 Å². The molecule has 0 saturated heterocycles. The molecule has 2 unspecified atom stereocenters. The average molecular weight is 527 g/mol. The van der Waals surface area contributed by atoms with Gasteiger partial charge in [-0.05, 0) is 62.4 Å². The molecule has 204 valence electrons. The number of benzene rings is 2. The second kappa shape index (κ2) is 16.7. The van der Waals surface area contributed by atoms with Crippen molar-refractivity contribution in [3.8, 4) is 11.5 Å². The highest BCUT2D eigenvalue weighted by Gasteiger charge is 2.12. The Kier molecular flexibility index (Phi) is 13.3. The van der Waals surface area contributed by atoms with E-state index < -0.39 is 12.3 Å². The Morgan fingerprint density at radius 2 is 1.37 bits per heavy atom. The van der Waals surface area contributed by atoms with Gasteiger partial charge in [0.1, 0.15) is 30.8 Å². The maximum atomic E-state index is 12.8. The molecule has 9 heteroatoms. The maximum Gasteiger partial charge on any atom is 0.330 e. The molecular weight excluding hydrogens is 492 g/mol. The summed E-state index contributed by atoms with van der Waals surface area (Å²) in [5.41, 5.74) is 1.02. The molecule has 0 fully saturated rings. The number of carbonyl (C=O) groups is 3. The molecule has 0 aliphatic rings. The molecule has 0 N–H and O–H groups in total. The Hall–Kier alpha value is -3.95. The molecule has 2 atom stereocenters. The molecule has 0 amide bonds. The Balaban J connectivity index is 1.75. The van der Waals surface area contributed by atoms with Crippen molar-refractivity contribution in [2.24, 2.45) is 0 Å². The van der Waals surface area contributed by atoms with Gasteiger partial charge in [-0.25, -0.2) is 4.79 Å². The van der Waals surface area contributed by atoms with E-state index in [2.05, 4.69) is 13.2 Å². The molecular formula is C29H34O9. The molecule has 0 heterocycles. The highest BCUT2D eigenvalue weighted by atomic mass is 16.7. The van der Waals surface area contributed by atoms with Gasteiger partial charge >= 0.3 is 11.9 Å². The van der Waals surface area contributed by atoms with Gasteiger partial charge in [0.25, 0.3) is 0 Å². The second-order valence-electron chi connectivity index (χ2n) is 8.02. The standard InChI is InChI=1S/C29H34O9/c1-5-7-28(31)36-19-18-34-22(4)38-26-14-10-24(11-15-26)29(32)23-8-12-25(13-9-23)37-21(3)20-33-16-17-35-27(30)6-2/h5-6,8-15,21-22H,1-2,7,16-20H2,3-4H3. The lowest BCUT2D eigenvalue weighted by molar-refractivity contribution is -0.147. The van der Waals surface area contributed by atoms with E-state index in [1.54, 1.807) is 55.5 Å². The van der Waals surface area contributed by atoms with Gasteiger partial charge in [0.15, 0.2) is 12.1 Å². The van der Waals surface area contributed by atoms with Gasteiger partial charge in [-0.15, -0.1) is 6.58 Å². The molecule has 0 radical (unpaired) electrons. The summed E-state index contributed by atoms with van der Waals surface area (Å²) in [6.07, 6.45) is 1.92. The first kappa shape index (κ1) is 30.3. The van der Waals surface area contributed by atoms with Gasteiger partial charge in [-0.3, -0.25) is 9.59 Å². The van der Waals surface area contributed by atoms with Crippen molar-refractivity contribution in [1.82, 2.24) is 0 Å². The molecule has 38 heavy (non-hydrogen) atoms. The van der Waals surface area contributed by atoms with Crippen LogP contribution in [-0.2, 0) is 28.5 Å². The molecule has 0 aliphatic heterocycles. The number of ether oxygens (including phenoxy) is 6. The summed E-state index contributed by atoms with van der Waals surface area (Å²) in [6.45, 7) is 11.4. The van der Waals surface area contributed by atoms with E-state index in [1.165, 1.54) is 6.08 Å². The zero-order chi connectivity index (χ0) is 27.8. The third kappa shape index (κ3) is 11.4. The fourth-order valence-electron chi connectivity index (χ4n) is 3.08. The van der Waals surface area contributed by atoms with Crippen molar-refractivity contribution in [2.75, 3.05) is 33.0 Å². The molecule has 0 aliphatic carbocycles. The molecule has 2 aromatic carbocycles. The zero-order valence-corrected chi connectivity index (χ0v) is 21.8. The summed E-state index contributed by atoms with van der Waals surface area (Å²) in [7, 11) is 0. The molecule has 9 nitrogen and oxygen atoms in total. The maximum absolute atomic E-state index is 12.8. The first-order chi connectivity index (χ1) is 18.3. The highest BCUT2D eigenvalue weighted by molar-refractivity contribution is 6.09. The van der Waals surface area contributed by atoms with Crippen LogP contribution in [0.25, 0.3) is 0 Å². The predicted molar refractivity (Wildman–Crippen MR) is 140 cm³/mol. The lowest BCUT2D eigenvalue weighted by Gasteiger charge is -2.16. The van der Waals surface area contributed by atoms with E-state index in [-0.39, 0.29) is 50.7 Å². The summed E-state index contributed by atoms with van der Waals surface area (Å²) < 4.78 is 32.2. The second-order valence-corrected chi connectivity index (χ2v) is 8.02. The summed E-state index contributed by atoms with van der Waals surface area (Å²) in [4.78, 5) is 35.1. The SMILES string of the molecule is C=CCC(=O)OCCOC(C)Oc1ccc(C(=O)c2ccc(OC(C)COCCOC(=O)C=C)cc2)cc1. The Labute approximate surface area is 222 Å². The van der Waals surface area contributed by atoms with Crippen LogP contribution in [0.1, 0.15) is 36.2 Å². The first-order valence-electron chi connectivity index (χ1n) is 12.2. The van der Waals surface area contributed by atoms with Crippen LogP contribution in [0.4, 0.5) is 0 Å². The summed E-state index contributed by atoms with van der Waals surface area (Å²) in [5, 5.41) is 0. The van der Waals surface area contributed by atoms with Gasteiger partial charge < -0.3 is 28.4 Å². The highest BCUT2D eigenvalue weighted by Crippen LogP contribution is 2.19. The summed E-state index contributed by atoms with van der Waals surface area (Å²) >= 11 is 0. The minimum atomic E-state index is -0.565. The van der Waals surface area contributed by atoms with Crippen molar-refractivity contribution >= 4 is 17.7 Å². The first-order valence-corrected chi connectivity index (χ1v) is 12.2. The lowest BCUT2D eigenvalue weighted by atomic mass is 10.0. The van der Waals surface area contributed by atoms with Crippen LogP contribution >= 0.6 is 0 Å². The largest absolute Gasteiger partial charge is 0.488 e. The molecule has 0 saturated carbocycles. The van der Waals surface area contributed by atoms with Crippen LogP contribution in [0.2, 0.25) is 0 Å².